The Balaban J connectivity index is 2.07. The first-order valence-electron chi connectivity index (χ1n) is 5.15. The summed E-state index contributed by atoms with van der Waals surface area (Å²) in [5, 5.41) is 10.3. The van der Waals surface area contributed by atoms with Crippen LogP contribution in [0.4, 0.5) is 0 Å². The highest BCUT2D eigenvalue weighted by Crippen LogP contribution is 2.27. The van der Waals surface area contributed by atoms with Crippen LogP contribution in [0.1, 0.15) is 25.0 Å². The van der Waals surface area contributed by atoms with Gasteiger partial charge in [-0.3, -0.25) is 0 Å². The third-order valence-electron chi connectivity index (χ3n) is 2.27. The number of nitrogens with zero attached hydrogens (tertiary/aromatic N) is 1. The maximum atomic E-state index is 9.64. The molecule has 0 saturated carbocycles. The van der Waals surface area contributed by atoms with E-state index in [1.165, 1.54) is 11.8 Å². The number of aromatic nitrogens is 1. The van der Waals surface area contributed by atoms with Gasteiger partial charge in [0.1, 0.15) is 6.26 Å². The maximum absolute atomic E-state index is 9.64. The zero-order valence-corrected chi connectivity index (χ0v) is 9.78. The van der Waals surface area contributed by atoms with Crippen LogP contribution in [-0.4, -0.2) is 10.1 Å². The molecule has 0 aliphatic heterocycles. The molecule has 1 atom stereocenters. The van der Waals surface area contributed by atoms with Gasteiger partial charge in [-0.2, -0.15) is 0 Å². The van der Waals surface area contributed by atoms with Gasteiger partial charge in [0.25, 0.3) is 5.22 Å². The smallest absolute Gasteiger partial charge is 0.260 e. The third kappa shape index (κ3) is 2.65. The molecule has 1 aromatic carbocycles. The molecule has 0 aliphatic rings. The van der Waals surface area contributed by atoms with Crippen molar-refractivity contribution < 1.29 is 9.52 Å². The van der Waals surface area contributed by atoms with Crippen LogP contribution in [0.2, 0.25) is 0 Å². The summed E-state index contributed by atoms with van der Waals surface area (Å²) in [5.74, 6) is 0. The number of aliphatic hydroxyl groups excluding tert-OH is 1. The second kappa shape index (κ2) is 5.18. The molecule has 1 aromatic heterocycles. The molecule has 0 aliphatic carbocycles. The lowest BCUT2D eigenvalue weighted by molar-refractivity contribution is 0.173. The van der Waals surface area contributed by atoms with Crippen LogP contribution in [0.3, 0.4) is 0 Å². The second-order valence-corrected chi connectivity index (χ2v) is 4.42. The Hall–Kier alpha value is -1.26. The van der Waals surface area contributed by atoms with E-state index in [2.05, 4.69) is 4.98 Å². The van der Waals surface area contributed by atoms with Gasteiger partial charge in [-0.05, 0) is 35.9 Å². The summed E-state index contributed by atoms with van der Waals surface area (Å²) < 4.78 is 5.14. The van der Waals surface area contributed by atoms with E-state index >= 15 is 0 Å². The Kier molecular flexibility index (Phi) is 3.64. The van der Waals surface area contributed by atoms with Gasteiger partial charge in [0.2, 0.25) is 0 Å². The van der Waals surface area contributed by atoms with Crippen molar-refractivity contribution in [3.05, 3.63) is 42.3 Å². The lowest BCUT2D eigenvalue weighted by Crippen LogP contribution is -1.93. The van der Waals surface area contributed by atoms with E-state index in [9.17, 15) is 5.11 Å². The molecule has 0 amide bonds. The number of rotatable bonds is 4. The summed E-state index contributed by atoms with van der Waals surface area (Å²) in [4.78, 5) is 5.08. The van der Waals surface area contributed by atoms with Crippen molar-refractivity contribution in [3.63, 3.8) is 0 Å². The molecule has 84 valence electrons. The first-order valence-corrected chi connectivity index (χ1v) is 5.96. The number of hydrogen-bond donors (Lipinski definition) is 1. The van der Waals surface area contributed by atoms with Crippen LogP contribution in [0, 0.1) is 0 Å². The van der Waals surface area contributed by atoms with Crippen molar-refractivity contribution in [1.29, 1.82) is 0 Å². The molecule has 0 radical (unpaired) electrons. The van der Waals surface area contributed by atoms with E-state index in [4.69, 9.17) is 4.42 Å². The van der Waals surface area contributed by atoms with Crippen LogP contribution in [0.5, 0.6) is 0 Å². The first kappa shape index (κ1) is 11.2. The normalized spacial score (nSPS) is 12.6. The monoisotopic (exact) mass is 235 g/mol. The fourth-order valence-electron chi connectivity index (χ4n) is 1.36. The van der Waals surface area contributed by atoms with E-state index in [0.717, 1.165) is 16.9 Å². The molecular formula is C12H13NO2S. The molecule has 3 nitrogen and oxygen atoms in total. The molecule has 4 heteroatoms. The summed E-state index contributed by atoms with van der Waals surface area (Å²) >= 11 is 1.46. The molecule has 0 fully saturated rings. The van der Waals surface area contributed by atoms with Crippen molar-refractivity contribution >= 4 is 11.8 Å². The highest BCUT2D eigenvalue weighted by molar-refractivity contribution is 7.99. The Morgan fingerprint density at radius 2 is 2.12 bits per heavy atom. The van der Waals surface area contributed by atoms with Crippen LogP contribution in [-0.2, 0) is 0 Å². The lowest BCUT2D eigenvalue weighted by atomic mass is 10.1. The van der Waals surface area contributed by atoms with E-state index in [-0.39, 0.29) is 6.10 Å². The van der Waals surface area contributed by atoms with Gasteiger partial charge in [0, 0.05) is 4.90 Å². The molecule has 2 rings (SSSR count). The Labute approximate surface area is 98.5 Å². The summed E-state index contributed by atoms with van der Waals surface area (Å²) in [6, 6.07) is 7.78. The maximum Gasteiger partial charge on any atom is 0.260 e. The minimum Gasteiger partial charge on any atom is -0.440 e. The molecule has 0 spiro atoms. The van der Waals surface area contributed by atoms with Gasteiger partial charge in [0.05, 0.1) is 12.3 Å². The highest BCUT2D eigenvalue weighted by atomic mass is 32.2. The quantitative estimate of drug-likeness (QED) is 0.883. The van der Waals surface area contributed by atoms with Crippen LogP contribution >= 0.6 is 11.8 Å². The summed E-state index contributed by atoms with van der Waals surface area (Å²) in [6.45, 7) is 1.96. The third-order valence-corrected chi connectivity index (χ3v) is 3.15. The zero-order valence-electron chi connectivity index (χ0n) is 8.96. The topological polar surface area (TPSA) is 46.3 Å². The highest BCUT2D eigenvalue weighted by Gasteiger charge is 2.05. The average molecular weight is 235 g/mol. The van der Waals surface area contributed by atoms with Crippen LogP contribution in [0.25, 0.3) is 0 Å². The van der Waals surface area contributed by atoms with Gasteiger partial charge < -0.3 is 9.52 Å². The number of hydrogen-bond acceptors (Lipinski definition) is 4. The van der Waals surface area contributed by atoms with Crippen molar-refractivity contribution in [3.8, 4) is 0 Å². The molecule has 1 heterocycles. The molecule has 0 bridgehead atoms. The van der Waals surface area contributed by atoms with Gasteiger partial charge in [-0.25, -0.2) is 4.98 Å². The number of oxazole rings is 1. The molecule has 0 saturated heterocycles. The van der Waals surface area contributed by atoms with Gasteiger partial charge in [-0.1, -0.05) is 19.1 Å². The lowest BCUT2D eigenvalue weighted by Gasteiger charge is -2.07. The predicted molar refractivity (Wildman–Crippen MR) is 62.3 cm³/mol. The average Bonchev–Trinajstić information content (AvgIpc) is 2.82. The van der Waals surface area contributed by atoms with Crippen LogP contribution < -0.4 is 0 Å². The van der Waals surface area contributed by atoms with Crippen molar-refractivity contribution in [2.75, 3.05) is 0 Å². The summed E-state index contributed by atoms with van der Waals surface area (Å²) in [6.07, 6.45) is 3.53. The van der Waals surface area contributed by atoms with E-state index in [1.54, 1.807) is 12.5 Å². The number of benzene rings is 1. The molecule has 0 unspecified atom stereocenters. The Morgan fingerprint density at radius 1 is 1.38 bits per heavy atom. The van der Waals surface area contributed by atoms with Crippen molar-refractivity contribution in [1.82, 2.24) is 4.98 Å². The summed E-state index contributed by atoms with van der Waals surface area (Å²) in [7, 11) is 0. The minimum absolute atomic E-state index is 0.374. The Morgan fingerprint density at radius 3 is 2.69 bits per heavy atom. The zero-order chi connectivity index (χ0) is 11.4. The summed E-state index contributed by atoms with van der Waals surface area (Å²) in [5.41, 5.74) is 0.944. The SMILES string of the molecule is CC[C@@H](O)c1ccc(Sc2ncco2)cc1. The standard InChI is InChI=1S/C12H13NO2S/c1-2-11(14)9-3-5-10(6-4-9)16-12-13-7-8-15-12/h3-8,11,14H,2H2,1H3/t11-/m1/s1. The van der Waals surface area contributed by atoms with Crippen molar-refractivity contribution in [2.45, 2.75) is 29.6 Å². The van der Waals surface area contributed by atoms with Gasteiger partial charge >= 0.3 is 0 Å². The van der Waals surface area contributed by atoms with Crippen molar-refractivity contribution in [2.24, 2.45) is 0 Å². The minimum atomic E-state index is -0.374. The molecule has 2 aromatic rings. The van der Waals surface area contributed by atoms with E-state index < -0.39 is 0 Å². The predicted octanol–water partition coefficient (Wildman–Crippen LogP) is 3.27. The largest absolute Gasteiger partial charge is 0.440 e. The fourth-order valence-corrected chi connectivity index (χ4v) is 2.05. The fraction of sp³-hybridized carbons (Fsp3) is 0.250. The van der Waals surface area contributed by atoms with E-state index in [0.29, 0.717) is 5.22 Å². The second-order valence-electron chi connectivity index (χ2n) is 3.39. The Bertz CT molecular complexity index is 425. The first-order chi connectivity index (χ1) is 7.79. The van der Waals surface area contributed by atoms with Crippen LogP contribution in [0.15, 0.2) is 51.3 Å². The molecular weight excluding hydrogens is 222 g/mol. The van der Waals surface area contributed by atoms with E-state index in [1.807, 2.05) is 31.2 Å². The van der Waals surface area contributed by atoms with Gasteiger partial charge in [-0.15, -0.1) is 0 Å². The van der Waals surface area contributed by atoms with Gasteiger partial charge in [0.15, 0.2) is 0 Å². The number of aliphatic hydroxyl groups is 1. The molecule has 16 heavy (non-hydrogen) atoms. The molecule has 1 N–H and O–H groups in total.